The zero-order valence-electron chi connectivity index (χ0n) is 10.6. The Balaban J connectivity index is 2.07. The summed E-state index contributed by atoms with van der Waals surface area (Å²) < 4.78 is 5.29. The van der Waals surface area contributed by atoms with Crippen LogP contribution in [0.5, 0.6) is 0 Å². The van der Waals surface area contributed by atoms with Gasteiger partial charge in [0, 0.05) is 19.7 Å². The average molecular weight is 252 g/mol. The number of nitrogens with zero attached hydrogens (tertiary/aromatic N) is 1. The van der Waals surface area contributed by atoms with Crippen molar-refractivity contribution in [3.63, 3.8) is 0 Å². The van der Waals surface area contributed by atoms with Crippen LogP contribution in [0.25, 0.3) is 0 Å². The quantitative estimate of drug-likeness (QED) is 0.823. The number of hydrogen-bond acceptors (Lipinski definition) is 4. The van der Waals surface area contributed by atoms with E-state index in [0.717, 1.165) is 12.3 Å². The number of rotatable bonds is 4. The Kier molecular flexibility index (Phi) is 4.38. The van der Waals surface area contributed by atoms with Crippen molar-refractivity contribution in [3.05, 3.63) is 24.2 Å². The maximum Gasteiger partial charge on any atom is 0.240 e. The summed E-state index contributed by atoms with van der Waals surface area (Å²) >= 11 is 0. The van der Waals surface area contributed by atoms with Crippen molar-refractivity contribution in [2.75, 3.05) is 19.7 Å². The van der Waals surface area contributed by atoms with E-state index in [1.165, 1.54) is 0 Å². The molecule has 5 heteroatoms. The molecule has 1 amide bonds. The minimum absolute atomic E-state index is 0.0202. The summed E-state index contributed by atoms with van der Waals surface area (Å²) in [5.74, 6) is 1.23. The van der Waals surface area contributed by atoms with E-state index in [2.05, 4.69) is 12.2 Å². The molecule has 0 bridgehead atoms. The van der Waals surface area contributed by atoms with Crippen molar-refractivity contribution in [2.24, 2.45) is 5.92 Å². The molecule has 0 spiro atoms. The van der Waals surface area contributed by atoms with Gasteiger partial charge in [-0.3, -0.25) is 4.79 Å². The predicted octanol–water partition coefficient (Wildman–Crippen LogP) is 0.598. The highest BCUT2D eigenvalue weighted by Crippen LogP contribution is 2.14. The van der Waals surface area contributed by atoms with Crippen LogP contribution < -0.4 is 5.32 Å². The molecule has 1 aliphatic rings. The van der Waals surface area contributed by atoms with Gasteiger partial charge in [-0.15, -0.1) is 0 Å². The van der Waals surface area contributed by atoms with Crippen LogP contribution in [0.4, 0.5) is 0 Å². The molecule has 0 saturated carbocycles. The first-order chi connectivity index (χ1) is 8.70. The molecule has 0 aliphatic carbocycles. The third kappa shape index (κ3) is 3.11. The number of nitrogens with one attached hydrogen (secondary N) is 1. The van der Waals surface area contributed by atoms with Gasteiger partial charge >= 0.3 is 0 Å². The van der Waals surface area contributed by atoms with Crippen molar-refractivity contribution in [2.45, 2.75) is 25.9 Å². The summed E-state index contributed by atoms with van der Waals surface area (Å²) in [6.07, 6.45) is 2.07. The Morgan fingerprint density at radius 3 is 3.11 bits per heavy atom. The van der Waals surface area contributed by atoms with E-state index >= 15 is 0 Å². The molecule has 5 nitrogen and oxygen atoms in total. The number of hydrogen-bond donors (Lipinski definition) is 2. The van der Waals surface area contributed by atoms with Crippen molar-refractivity contribution < 1.29 is 14.3 Å². The molecule has 1 aliphatic heterocycles. The number of aliphatic hydroxyl groups excluding tert-OH is 1. The first-order valence-corrected chi connectivity index (χ1v) is 6.36. The predicted molar refractivity (Wildman–Crippen MR) is 66.8 cm³/mol. The van der Waals surface area contributed by atoms with Gasteiger partial charge in [-0.2, -0.15) is 0 Å². The fourth-order valence-corrected chi connectivity index (χ4v) is 2.27. The van der Waals surface area contributed by atoms with Crippen LogP contribution in [0.2, 0.25) is 0 Å². The smallest absolute Gasteiger partial charge is 0.240 e. The Morgan fingerprint density at radius 1 is 1.61 bits per heavy atom. The molecule has 1 saturated heterocycles. The Morgan fingerprint density at radius 2 is 2.44 bits per heavy atom. The normalized spacial score (nSPS) is 25.2. The highest BCUT2D eigenvalue weighted by molar-refractivity contribution is 5.82. The minimum Gasteiger partial charge on any atom is -0.467 e. The number of carbonyl (C=O) groups excluding carboxylic acids is 1. The number of furan rings is 1. The lowest BCUT2D eigenvalue weighted by Gasteiger charge is -2.24. The molecule has 1 fully saturated rings. The van der Waals surface area contributed by atoms with Crippen LogP contribution in [0, 0.1) is 5.92 Å². The van der Waals surface area contributed by atoms with Gasteiger partial charge in [0.2, 0.25) is 5.91 Å². The standard InChI is InChI=1S/C13H20N2O3/c1-10-7-14-12(4-5-16)13(17)15(8-10)9-11-3-2-6-18-11/h2-3,6,10,12,14,16H,4-5,7-9H2,1H3. The number of aliphatic hydroxyl groups is 1. The monoisotopic (exact) mass is 252 g/mol. The molecule has 0 aromatic carbocycles. The first kappa shape index (κ1) is 13.1. The van der Waals surface area contributed by atoms with Crippen molar-refractivity contribution in [3.8, 4) is 0 Å². The fourth-order valence-electron chi connectivity index (χ4n) is 2.27. The number of carbonyl (C=O) groups is 1. The zero-order chi connectivity index (χ0) is 13.0. The van der Waals surface area contributed by atoms with Gasteiger partial charge in [-0.05, 0) is 24.5 Å². The molecular formula is C13H20N2O3. The van der Waals surface area contributed by atoms with Gasteiger partial charge in [0.25, 0.3) is 0 Å². The van der Waals surface area contributed by atoms with E-state index in [0.29, 0.717) is 25.4 Å². The third-order valence-electron chi connectivity index (χ3n) is 3.20. The van der Waals surface area contributed by atoms with E-state index < -0.39 is 0 Å². The van der Waals surface area contributed by atoms with Gasteiger partial charge < -0.3 is 19.7 Å². The average Bonchev–Trinajstić information content (AvgIpc) is 2.81. The summed E-state index contributed by atoms with van der Waals surface area (Å²) in [6, 6.07) is 3.41. The second kappa shape index (κ2) is 6.02. The summed E-state index contributed by atoms with van der Waals surface area (Å²) in [6.45, 7) is 4.14. The highest BCUT2D eigenvalue weighted by Gasteiger charge is 2.29. The first-order valence-electron chi connectivity index (χ1n) is 6.36. The van der Waals surface area contributed by atoms with Gasteiger partial charge in [-0.1, -0.05) is 6.92 Å². The second-order valence-corrected chi connectivity index (χ2v) is 4.88. The molecule has 2 atom stereocenters. The Labute approximate surface area is 107 Å². The van der Waals surface area contributed by atoms with Crippen LogP contribution >= 0.6 is 0 Å². The molecule has 2 rings (SSSR count). The molecule has 0 radical (unpaired) electrons. The topological polar surface area (TPSA) is 65.7 Å². The van der Waals surface area contributed by atoms with E-state index in [1.54, 1.807) is 6.26 Å². The molecule has 2 N–H and O–H groups in total. The summed E-state index contributed by atoms with van der Waals surface area (Å²) in [4.78, 5) is 14.1. The summed E-state index contributed by atoms with van der Waals surface area (Å²) in [7, 11) is 0. The molecule has 2 heterocycles. The minimum atomic E-state index is -0.282. The highest BCUT2D eigenvalue weighted by atomic mass is 16.3. The summed E-state index contributed by atoms with van der Waals surface area (Å²) in [5, 5.41) is 12.2. The zero-order valence-corrected chi connectivity index (χ0v) is 10.6. The molecule has 2 unspecified atom stereocenters. The van der Waals surface area contributed by atoms with Gasteiger partial charge in [0.1, 0.15) is 5.76 Å². The maximum atomic E-state index is 12.3. The SMILES string of the molecule is CC1CNC(CCO)C(=O)N(Cc2ccco2)C1. The summed E-state index contributed by atoms with van der Waals surface area (Å²) in [5.41, 5.74) is 0. The molecule has 100 valence electrons. The van der Waals surface area contributed by atoms with Crippen LogP contribution in [0.15, 0.2) is 22.8 Å². The van der Waals surface area contributed by atoms with E-state index in [1.807, 2.05) is 17.0 Å². The van der Waals surface area contributed by atoms with Crippen LogP contribution in [-0.4, -0.2) is 41.7 Å². The Hall–Kier alpha value is -1.33. The molecule has 18 heavy (non-hydrogen) atoms. The van der Waals surface area contributed by atoms with Gasteiger partial charge in [-0.25, -0.2) is 0 Å². The molecule has 1 aromatic heterocycles. The van der Waals surface area contributed by atoms with E-state index in [9.17, 15) is 4.79 Å². The van der Waals surface area contributed by atoms with Crippen LogP contribution in [0.1, 0.15) is 19.1 Å². The lowest BCUT2D eigenvalue weighted by Crippen LogP contribution is -2.43. The third-order valence-corrected chi connectivity index (χ3v) is 3.20. The van der Waals surface area contributed by atoms with Crippen LogP contribution in [0.3, 0.4) is 0 Å². The van der Waals surface area contributed by atoms with Crippen molar-refractivity contribution in [1.29, 1.82) is 0 Å². The second-order valence-electron chi connectivity index (χ2n) is 4.88. The van der Waals surface area contributed by atoms with Crippen molar-refractivity contribution >= 4 is 5.91 Å². The largest absolute Gasteiger partial charge is 0.467 e. The van der Waals surface area contributed by atoms with Crippen LogP contribution in [-0.2, 0) is 11.3 Å². The van der Waals surface area contributed by atoms with Gasteiger partial charge in [0.15, 0.2) is 0 Å². The van der Waals surface area contributed by atoms with E-state index in [4.69, 9.17) is 9.52 Å². The molecule has 1 aromatic rings. The maximum absolute atomic E-state index is 12.3. The lowest BCUT2D eigenvalue weighted by molar-refractivity contribution is -0.134. The van der Waals surface area contributed by atoms with Gasteiger partial charge in [0.05, 0.1) is 18.8 Å². The number of amides is 1. The lowest BCUT2D eigenvalue weighted by atomic mass is 10.2. The van der Waals surface area contributed by atoms with E-state index in [-0.39, 0.29) is 18.6 Å². The fraction of sp³-hybridized carbons (Fsp3) is 0.615. The van der Waals surface area contributed by atoms with Crippen molar-refractivity contribution in [1.82, 2.24) is 10.2 Å². The molecular weight excluding hydrogens is 232 g/mol. The Bertz CT molecular complexity index is 378.